The molecule has 1 aliphatic heterocycles. The lowest BCUT2D eigenvalue weighted by Gasteiger charge is -2.26. The van der Waals surface area contributed by atoms with Gasteiger partial charge in [-0.1, -0.05) is 36.4 Å². The smallest absolute Gasteiger partial charge is 0.335 e. The summed E-state index contributed by atoms with van der Waals surface area (Å²) in [5.41, 5.74) is 2.01. The van der Waals surface area contributed by atoms with Crippen LogP contribution in [0.4, 0.5) is 0 Å². The number of carbonyl (C=O) groups excluding carboxylic acids is 1. The van der Waals surface area contributed by atoms with Crippen molar-refractivity contribution in [2.75, 3.05) is 6.61 Å². The number of para-hydroxylation sites is 1. The average molecular weight is 325 g/mol. The maximum atomic E-state index is 12.2. The lowest BCUT2D eigenvalue weighted by atomic mass is 10.0. The second kappa shape index (κ2) is 7.17. The van der Waals surface area contributed by atoms with Crippen LogP contribution in [-0.4, -0.2) is 29.6 Å². The van der Waals surface area contributed by atoms with Crippen LogP contribution >= 0.6 is 0 Å². The minimum atomic E-state index is -0.969. The molecule has 0 aliphatic carbocycles. The summed E-state index contributed by atoms with van der Waals surface area (Å²) in [6.07, 6.45) is 1.40. The van der Waals surface area contributed by atoms with E-state index in [0.29, 0.717) is 18.6 Å². The first-order valence-electron chi connectivity index (χ1n) is 7.95. The summed E-state index contributed by atoms with van der Waals surface area (Å²) in [5.74, 6) is -0.190. The summed E-state index contributed by atoms with van der Waals surface area (Å²) >= 11 is 0. The zero-order chi connectivity index (χ0) is 16.9. The molecule has 5 nitrogen and oxygen atoms in total. The third-order valence-corrected chi connectivity index (χ3v) is 4.11. The second-order valence-electron chi connectivity index (χ2n) is 5.85. The van der Waals surface area contributed by atoms with E-state index >= 15 is 0 Å². The minimum absolute atomic E-state index is 0.0536. The number of nitrogens with one attached hydrogen (secondary N) is 1. The summed E-state index contributed by atoms with van der Waals surface area (Å²) in [6.45, 7) is 0.453. The first-order valence-corrected chi connectivity index (χ1v) is 7.95. The van der Waals surface area contributed by atoms with E-state index in [2.05, 4.69) is 5.32 Å². The largest absolute Gasteiger partial charge is 0.491 e. The van der Waals surface area contributed by atoms with Gasteiger partial charge >= 0.3 is 5.97 Å². The van der Waals surface area contributed by atoms with Crippen LogP contribution in [0.15, 0.2) is 48.5 Å². The molecular weight excluding hydrogens is 306 g/mol. The van der Waals surface area contributed by atoms with Gasteiger partial charge in [-0.3, -0.25) is 4.79 Å². The third kappa shape index (κ3) is 3.74. The molecule has 0 aromatic heterocycles. The molecule has 24 heavy (non-hydrogen) atoms. The number of aromatic carboxylic acids is 1. The van der Waals surface area contributed by atoms with E-state index in [9.17, 15) is 9.59 Å². The third-order valence-electron chi connectivity index (χ3n) is 4.11. The van der Waals surface area contributed by atoms with Crippen molar-refractivity contribution in [1.82, 2.24) is 5.32 Å². The molecule has 0 saturated heterocycles. The SMILES string of the molecule is O=C(CCc1ccccc1C(=O)O)N[C@H]1COc2ccccc2C1. The Labute approximate surface area is 140 Å². The molecule has 0 fully saturated rings. The molecule has 1 atom stereocenters. The number of rotatable bonds is 5. The van der Waals surface area contributed by atoms with Crippen molar-refractivity contribution < 1.29 is 19.4 Å². The molecule has 2 aromatic carbocycles. The fourth-order valence-corrected chi connectivity index (χ4v) is 2.92. The van der Waals surface area contributed by atoms with Gasteiger partial charge in [0.2, 0.25) is 5.91 Å². The highest BCUT2D eigenvalue weighted by Crippen LogP contribution is 2.23. The highest BCUT2D eigenvalue weighted by molar-refractivity contribution is 5.89. The Morgan fingerprint density at radius 3 is 2.71 bits per heavy atom. The van der Waals surface area contributed by atoms with Crippen molar-refractivity contribution in [1.29, 1.82) is 0 Å². The Balaban J connectivity index is 1.55. The van der Waals surface area contributed by atoms with Crippen LogP contribution in [0.5, 0.6) is 5.75 Å². The Morgan fingerprint density at radius 2 is 1.88 bits per heavy atom. The number of carbonyl (C=O) groups is 2. The Bertz CT molecular complexity index is 757. The van der Waals surface area contributed by atoms with Gasteiger partial charge in [0.15, 0.2) is 0 Å². The quantitative estimate of drug-likeness (QED) is 0.885. The molecule has 124 valence electrons. The van der Waals surface area contributed by atoms with E-state index in [1.165, 1.54) is 0 Å². The van der Waals surface area contributed by atoms with Crippen LogP contribution in [0.25, 0.3) is 0 Å². The van der Waals surface area contributed by atoms with Crippen molar-refractivity contribution in [3.8, 4) is 5.75 Å². The summed E-state index contributed by atoms with van der Waals surface area (Å²) in [5, 5.41) is 12.1. The van der Waals surface area contributed by atoms with Gasteiger partial charge < -0.3 is 15.2 Å². The standard InChI is InChI=1S/C19H19NO4/c21-18(10-9-13-5-1-3-7-16(13)19(22)23)20-15-11-14-6-2-4-8-17(14)24-12-15/h1-8,15H,9-12H2,(H,20,21)(H,22,23)/t15-/m1/s1. The molecule has 3 rings (SSSR count). The van der Waals surface area contributed by atoms with E-state index < -0.39 is 5.97 Å². The van der Waals surface area contributed by atoms with Crippen LogP contribution in [-0.2, 0) is 17.6 Å². The molecule has 2 N–H and O–H groups in total. The van der Waals surface area contributed by atoms with E-state index in [1.807, 2.05) is 24.3 Å². The van der Waals surface area contributed by atoms with Crippen molar-refractivity contribution in [3.05, 3.63) is 65.2 Å². The maximum Gasteiger partial charge on any atom is 0.335 e. The molecule has 0 saturated carbocycles. The molecule has 5 heteroatoms. The van der Waals surface area contributed by atoms with E-state index in [1.54, 1.807) is 24.3 Å². The van der Waals surface area contributed by atoms with Gasteiger partial charge in [-0.25, -0.2) is 4.79 Å². The Hall–Kier alpha value is -2.82. The molecule has 2 aromatic rings. The van der Waals surface area contributed by atoms with Crippen molar-refractivity contribution in [2.45, 2.75) is 25.3 Å². The number of carboxylic acids is 1. The van der Waals surface area contributed by atoms with Gasteiger partial charge in [0.25, 0.3) is 0 Å². The predicted molar refractivity (Wildman–Crippen MR) is 89.3 cm³/mol. The summed E-state index contributed by atoms with van der Waals surface area (Å²) in [6, 6.07) is 14.5. The number of benzene rings is 2. The van der Waals surface area contributed by atoms with Crippen LogP contribution in [0.2, 0.25) is 0 Å². The van der Waals surface area contributed by atoms with E-state index in [0.717, 1.165) is 17.7 Å². The molecule has 0 bridgehead atoms. The molecule has 0 unspecified atom stereocenters. The zero-order valence-corrected chi connectivity index (χ0v) is 13.2. The predicted octanol–water partition coefficient (Wildman–Crippen LogP) is 2.44. The van der Waals surface area contributed by atoms with Gasteiger partial charge in [0, 0.05) is 6.42 Å². The lowest BCUT2D eigenvalue weighted by Crippen LogP contribution is -2.42. The van der Waals surface area contributed by atoms with Gasteiger partial charge in [0.1, 0.15) is 12.4 Å². The number of amides is 1. The molecule has 0 radical (unpaired) electrons. The molecule has 1 heterocycles. The van der Waals surface area contributed by atoms with Crippen molar-refractivity contribution in [2.24, 2.45) is 0 Å². The number of hydrogen-bond acceptors (Lipinski definition) is 3. The van der Waals surface area contributed by atoms with Crippen LogP contribution in [0, 0.1) is 0 Å². The van der Waals surface area contributed by atoms with Crippen molar-refractivity contribution in [3.63, 3.8) is 0 Å². The first kappa shape index (κ1) is 16.1. The Morgan fingerprint density at radius 1 is 1.12 bits per heavy atom. The lowest BCUT2D eigenvalue weighted by molar-refractivity contribution is -0.122. The summed E-state index contributed by atoms with van der Waals surface area (Å²) in [7, 11) is 0. The van der Waals surface area contributed by atoms with E-state index in [4.69, 9.17) is 9.84 Å². The van der Waals surface area contributed by atoms with Gasteiger partial charge in [-0.05, 0) is 36.1 Å². The van der Waals surface area contributed by atoms with Gasteiger partial charge in [0.05, 0.1) is 11.6 Å². The average Bonchev–Trinajstić information content (AvgIpc) is 2.60. The maximum absolute atomic E-state index is 12.2. The summed E-state index contributed by atoms with van der Waals surface area (Å²) in [4.78, 5) is 23.3. The molecule has 0 spiro atoms. The Kier molecular flexibility index (Phi) is 4.79. The highest BCUT2D eigenvalue weighted by Gasteiger charge is 2.21. The topological polar surface area (TPSA) is 75.6 Å². The number of fused-ring (bicyclic) bond motifs is 1. The number of carboxylic acid groups (broad SMARTS) is 1. The zero-order valence-electron chi connectivity index (χ0n) is 13.2. The van der Waals surface area contributed by atoms with Crippen molar-refractivity contribution >= 4 is 11.9 Å². The minimum Gasteiger partial charge on any atom is -0.491 e. The number of hydrogen-bond donors (Lipinski definition) is 2. The van der Waals surface area contributed by atoms with E-state index in [-0.39, 0.29) is 23.9 Å². The van der Waals surface area contributed by atoms with Gasteiger partial charge in [-0.2, -0.15) is 0 Å². The molecule has 1 amide bonds. The normalized spacial score (nSPS) is 15.9. The van der Waals surface area contributed by atoms with Crippen LogP contribution in [0.3, 0.4) is 0 Å². The fraction of sp³-hybridized carbons (Fsp3) is 0.263. The molecular formula is C19H19NO4. The first-order chi connectivity index (χ1) is 11.6. The fourth-order valence-electron chi connectivity index (χ4n) is 2.92. The summed E-state index contributed by atoms with van der Waals surface area (Å²) < 4.78 is 5.66. The monoisotopic (exact) mass is 325 g/mol. The number of aryl methyl sites for hydroxylation is 1. The highest BCUT2D eigenvalue weighted by atomic mass is 16.5. The second-order valence-corrected chi connectivity index (χ2v) is 5.85. The van der Waals surface area contributed by atoms with Crippen LogP contribution in [0.1, 0.15) is 27.9 Å². The van der Waals surface area contributed by atoms with Gasteiger partial charge in [-0.15, -0.1) is 0 Å². The number of ether oxygens (including phenoxy) is 1. The van der Waals surface area contributed by atoms with Crippen LogP contribution < -0.4 is 10.1 Å². The molecule has 1 aliphatic rings.